The van der Waals surface area contributed by atoms with Gasteiger partial charge in [0.1, 0.15) is 23.7 Å². The van der Waals surface area contributed by atoms with Crippen LogP contribution in [-0.4, -0.2) is 29.3 Å². The second-order valence-electron chi connectivity index (χ2n) is 7.15. The summed E-state index contributed by atoms with van der Waals surface area (Å²) < 4.78 is 10.6. The summed E-state index contributed by atoms with van der Waals surface area (Å²) in [5.74, 6) is -0.760. The number of fused-ring (bicyclic) bond motifs is 1. The fourth-order valence-electron chi connectivity index (χ4n) is 3.36. The van der Waals surface area contributed by atoms with E-state index in [0.717, 1.165) is 29.6 Å². The molecule has 0 aromatic heterocycles. The van der Waals surface area contributed by atoms with E-state index in [1.54, 1.807) is 7.11 Å². The van der Waals surface area contributed by atoms with Crippen LogP contribution in [0.4, 0.5) is 0 Å². The molecule has 1 aliphatic rings. The highest BCUT2D eigenvalue weighted by Crippen LogP contribution is 2.42. The van der Waals surface area contributed by atoms with Gasteiger partial charge >= 0.3 is 11.9 Å². The van der Waals surface area contributed by atoms with E-state index in [1.165, 1.54) is 0 Å². The number of phenols is 1. The Balaban J connectivity index is 2.10. The minimum atomic E-state index is -0.786. The number of rotatable bonds is 9. The minimum absolute atomic E-state index is 0.0617. The number of cyclic esters (lactones) is 1. The monoisotopic (exact) mass is 388 g/mol. The molecule has 0 fully saturated rings. The number of hydrogen-bond acceptors (Lipinski definition) is 5. The number of benzene rings is 1. The molecule has 6 nitrogen and oxygen atoms in total. The third-order valence-corrected chi connectivity index (χ3v) is 5.07. The molecule has 1 aliphatic heterocycles. The van der Waals surface area contributed by atoms with Crippen LogP contribution in [0.25, 0.3) is 0 Å². The van der Waals surface area contributed by atoms with E-state index in [0.29, 0.717) is 29.7 Å². The lowest BCUT2D eigenvalue weighted by Crippen LogP contribution is -2.03. The van der Waals surface area contributed by atoms with Crippen molar-refractivity contribution in [1.82, 2.24) is 0 Å². The first kappa shape index (κ1) is 21.5. The number of aliphatic carboxylic acids is 1. The van der Waals surface area contributed by atoms with Crippen LogP contribution < -0.4 is 4.74 Å². The maximum absolute atomic E-state index is 11.9. The zero-order valence-electron chi connectivity index (χ0n) is 16.9. The van der Waals surface area contributed by atoms with Crippen molar-refractivity contribution in [3.63, 3.8) is 0 Å². The molecule has 0 aliphatic carbocycles. The number of hydrogen-bond donors (Lipinski definition) is 2. The fraction of sp³-hybridized carbons (Fsp3) is 0.455. The van der Waals surface area contributed by atoms with Gasteiger partial charge in [-0.05, 0) is 52.0 Å². The molecule has 2 rings (SSSR count). The number of methoxy groups -OCH3 is 1. The fourth-order valence-corrected chi connectivity index (χ4v) is 3.36. The van der Waals surface area contributed by atoms with E-state index >= 15 is 0 Å². The predicted octanol–water partition coefficient (Wildman–Crippen LogP) is 4.46. The molecule has 152 valence electrons. The van der Waals surface area contributed by atoms with Crippen LogP contribution >= 0.6 is 0 Å². The van der Waals surface area contributed by atoms with E-state index in [1.807, 2.05) is 26.8 Å². The Morgan fingerprint density at radius 2 is 1.86 bits per heavy atom. The summed E-state index contributed by atoms with van der Waals surface area (Å²) in [5.41, 5.74) is 4.55. The number of carbonyl (C=O) groups is 2. The Kier molecular flexibility index (Phi) is 7.26. The number of esters is 1. The summed E-state index contributed by atoms with van der Waals surface area (Å²) in [6.07, 6.45) is 6.90. The summed E-state index contributed by atoms with van der Waals surface area (Å²) in [4.78, 5) is 22.6. The van der Waals surface area contributed by atoms with Crippen LogP contribution in [-0.2, 0) is 22.6 Å². The molecule has 0 spiro atoms. The zero-order chi connectivity index (χ0) is 20.8. The molecule has 1 heterocycles. The van der Waals surface area contributed by atoms with Crippen LogP contribution in [0.15, 0.2) is 23.3 Å². The van der Waals surface area contributed by atoms with E-state index in [2.05, 4.69) is 6.08 Å². The summed E-state index contributed by atoms with van der Waals surface area (Å²) in [5, 5.41) is 19.3. The first-order chi connectivity index (χ1) is 13.3. The van der Waals surface area contributed by atoms with Gasteiger partial charge in [-0.15, -0.1) is 0 Å². The molecule has 1 aromatic carbocycles. The van der Waals surface area contributed by atoms with Gasteiger partial charge in [0.2, 0.25) is 0 Å². The Labute approximate surface area is 165 Å². The third-order valence-electron chi connectivity index (χ3n) is 5.07. The Morgan fingerprint density at radius 3 is 2.50 bits per heavy atom. The van der Waals surface area contributed by atoms with E-state index in [4.69, 9.17) is 14.6 Å². The average molecular weight is 388 g/mol. The van der Waals surface area contributed by atoms with Crippen LogP contribution in [0, 0.1) is 6.92 Å². The van der Waals surface area contributed by atoms with Crippen molar-refractivity contribution in [3.8, 4) is 11.5 Å². The lowest BCUT2D eigenvalue weighted by atomic mass is 9.94. The number of carboxylic acids is 1. The zero-order valence-corrected chi connectivity index (χ0v) is 16.9. The molecular weight excluding hydrogens is 360 g/mol. The molecule has 0 saturated heterocycles. The number of carboxylic acid groups (broad SMARTS) is 1. The number of phenolic OH excluding ortho intramolecular Hbond substituents is 1. The maximum Gasteiger partial charge on any atom is 0.342 e. The van der Waals surface area contributed by atoms with Gasteiger partial charge < -0.3 is 19.7 Å². The van der Waals surface area contributed by atoms with Gasteiger partial charge in [-0.3, -0.25) is 4.79 Å². The normalized spacial score (nSPS) is 14.1. The molecule has 0 bridgehead atoms. The van der Waals surface area contributed by atoms with Crippen molar-refractivity contribution in [2.45, 2.75) is 59.5 Å². The predicted molar refractivity (Wildman–Crippen MR) is 106 cm³/mol. The van der Waals surface area contributed by atoms with Gasteiger partial charge in [-0.25, -0.2) is 4.79 Å². The second kappa shape index (κ2) is 9.44. The van der Waals surface area contributed by atoms with E-state index in [9.17, 15) is 14.7 Å². The van der Waals surface area contributed by atoms with Gasteiger partial charge in [0, 0.05) is 17.5 Å². The molecule has 0 radical (unpaired) electrons. The summed E-state index contributed by atoms with van der Waals surface area (Å²) in [6.45, 7) is 5.98. The summed E-state index contributed by atoms with van der Waals surface area (Å²) >= 11 is 0. The van der Waals surface area contributed by atoms with Crippen molar-refractivity contribution in [1.29, 1.82) is 0 Å². The van der Waals surface area contributed by atoms with Gasteiger partial charge in [0.15, 0.2) is 0 Å². The van der Waals surface area contributed by atoms with Crippen LogP contribution in [0.1, 0.15) is 66.6 Å². The number of ether oxygens (including phenoxy) is 2. The van der Waals surface area contributed by atoms with Gasteiger partial charge in [0.05, 0.1) is 7.11 Å². The standard InChI is InChI=1S/C22H28O6/c1-13(6-5-7-14(2)9-11-18(23)24)8-10-16-20(25)19-17(12-28-22(19)26)15(3)21(16)27-4/h7-8,25H,5-6,9-12H2,1-4H3,(H,23,24)/b13-8?,14-7+. The Bertz CT molecular complexity index is 832. The molecule has 0 atom stereocenters. The van der Waals surface area contributed by atoms with Crippen molar-refractivity contribution in [2.24, 2.45) is 0 Å². The quantitative estimate of drug-likeness (QED) is 0.479. The molecule has 0 amide bonds. The SMILES string of the molecule is COc1c(C)c2c(c(O)c1CC=C(C)CC/C=C(\C)CCC(=O)O)C(=O)OC2. The topological polar surface area (TPSA) is 93.1 Å². The van der Waals surface area contributed by atoms with Crippen LogP contribution in [0.3, 0.4) is 0 Å². The number of carbonyl (C=O) groups excluding carboxylic acids is 1. The molecule has 0 unspecified atom stereocenters. The summed E-state index contributed by atoms with van der Waals surface area (Å²) in [6, 6.07) is 0. The Hall–Kier alpha value is -2.76. The highest BCUT2D eigenvalue weighted by molar-refractivity contribution is 5.98. The second-order valence-corrected chi connectivity index (χ2v) is 7.15. The van der Waals surface area contributed by atoms with E-state index in [-0.39, 0.29) is 24.3 Å². The molecule has 1 aromatic rings. The Morgan fingerprint density at radius 1 is 1.18 bits per heavy atom. The van der Waals surface area contributed by atoms with Gasteiger partial charge in [-0.1, -0.05) is 23.3 Å². The molecule has 28 heavy (non-hydrogen) atoms. The maximum atomic E-state index is 11.9. The van der Waals surface area contributed by atoms with Crippen LogP contribution in [0.5, 0.6) is 11.5 Å². The van der Waals surface area contributed by atoms with Crippen molar-refractivity contribution < 1.29 is 29.3 Å². The van der Waals surface area contributed by atoms with Gasteiger partial charge in [-0.2, -0.15) is 0 Å². The highest BCUT2D eigenvalue weighted by atomic mass is 16.5. The molecule has 0 saturated carbocycles. The lowest BCUT2D eigenvalue weighted by molar-refractivity contribution is -0.136. The average Bonchev–Trinajstić information content (AvgIpc) is 3.03. The molecular formula is C22H28O6. The van der Waals surface area contributed by atoms with Crippen LogP contribution in [0.2, 0.25) is 0 Å². The highest BCUT2D eigenvalue weighted by Gasteiger charge is 2.31. The minimum Gasteiger partial charge on any atom is -0.507 e. The van der Waals surface area contributed by atoms with Crippen molar-refractivity contribution in [2.75, 3.05) is 7.11 Å². The summed E-state index contributed by atoms with van der Waals surface area (Å²) in [7, 11) is 1.55. The largest absolute Gasteiger partial charge is 0.507 e. The lowest BCUT2D eigenvalue weighted by Gasteiger charge is -2.15. The molecule has 6 heteroatoms. The molecule has 2 N–H and O–H groups in total. The number of aromatic hydroxyl groups is 1. The van der Waals surface area contributed by atoms with E-state index < -0.39 is 11.9 Å². The van der Waals surface area contributed by atoms with Gasteiger partial charge in [0.25, 0.3) is 0 Å². The first-order valence-corrected chi connectivity index (χ1v) is 9.37. The van der Waals surface area contributed by atoms with Crippen molar-refractivity contribution in [3.05, 3.63) is 45.6 Å². The smallest absolute Gasteiger partial charge is 0.342 e. The number of allylic oxidation sites excluding steroid dienone is 4. The third kappa shape index (κ3) is 4.94. The van der Waals surface area contributed by atoms with Crippen molar-refractivity contribution >= 4 is 11.9 Å². The first-order valence-electron chi connectivity index (χ1n) is 9.37.